The number of benzene rings is 6. The molecule has 1 radical (unpaired) electrons. The molecular formula is C56H48CuN4O2+2. The van der Waals surface area contributed by atoms with Gasteiger partial charge in [-0.05, 0) is 107 Å². The largest absolute Gasteiger partial charge is 2.00 e. The Morgan fingerprint density at radius 3 is 1.22 bits per heavy atom. The average molecular weight is 873 g/mol. The summed E-state index contributed by atoms with van der Waals surface area (Å²) in [5.74, 6) is -0.141. The molecular weight excluding hydrogens is 824 g/mol. The first-order valence-corrected chi connectivity index (χ1v) is 21.1. The van der Waals surface area contributed by atoms with Crippen molar-refractivity contribution in [3.63, 3.8) is 0 Å². The minimum absolute atomic E-state index is 0. The molecule has 0 fully saturated rings. The van der Waals surface area contributed by atoms with Crippen LogP contribution in [0.15, 0.2) is 206 Å². The molecule has 8 aromatic rings. The standard InChI is InChI=1S/2C28H24N2O.Cu/c2*1-28(19-20-10-4-3-5-11-20)26(18-25(31)23-14-8-9-17-29-23)30(2)24-16-15-21-12-6-7-13-22(21)27(24)28;/h2*3-18H,19H2,1-2H3;/q;;+2/b2*26-18-;. The fourth-order valence-corrected chi connectivity index (χ4v) is 9.79. The third-order valence-corrected chi connectivity index (χ3v) is 12.7. The Labute approximate surface area is 380 Å². The molecule has 63 heavy (non-hydrogen) atoms. The van der Waals surface area contributed by atoms with Crippen molar-refractivity contribution in [1.82, 2.24) is 9.97 Å². The third kappa shape index (κ3) is 8.02. The van der Waals surface area contributed by atoms with Crippen LogP contribution in [-0.4, -0.2) is 35.6 Å². The molecule has 10 rings (SSSR count). The van der Waals surface area contributed by atoms with Crippen molar-refractivity contribution in [3.8, 4) is 0 Å². The van der Waals surface area contributed by atoms with E-state index in [4.69, 9.17) is 0 Å². The van der Waals surface area contributed by atoms with Gasteiger partial charge in [0.05, 0.1) is 0 Å². The predicted octanol–water partition coefficient (Wildman–Crippen LogP) is 11.9. The Morgan fingerprint density at radius 1 is 0.476 bits per heavy atom. The Bertz CT molecular complexity index is 2800. The number of likely N-dealkylation sites (N-methyl/N-ethyl adjacent to an activating group) is 2. The first-order valence-electron chi connectivity index (χ1n) is 21.1. The van der Waals surface area contributed by atoms with Gasteiger partial charge in [-0.3, -0.25) is 19.6 Å². The molecule has 2 unspecified atom stereocenters. The summed E-state index contributed by atoms with van der Waals surface area (Å²) in [6.45, 7) is 4.51. The number of pyridine rings is 2. The number of anilines is 2. The molecule has 0 bridgehead atoms. The van der Waals surface area contributed by atoms with Crippen molar-refractivity contribution in [1.29, 1.82) is 0 Å². The fraction of sp³-hybridized carbons (Fsp3) is 0.143. The quantitative estimate of drug-likeness (QED) is 0.0861. The molecule has 7 heteroatoms. The summed E-state index contributed by atoms with van der Waals surface area (Å²) in [6, 6.07) is 57.6. The average Bonchev–Trinajstić information content (AvgIpc) is 3.65. The van der Waals surface area contributed by atoms with Crippen molar-refractivity contribution in [2.75, 3.05) is 23.9 Å². The van der Waals surface area contributed by atoms with Gasteiger partial charge in [-0.1, -0.05) is 133 Å². The van der Waals surface area contributed by atoms with Crippen LogP contribution in [0.2, 0.25) is 0 Å². The van der Waals surface area contributed by atoms with E-state index in [1.54, 1.807) is 36.7 Å². The second-order valence-corrected chi connectivity index (χ2v) is 16.7. The molecule has 2 aromatic heterocycles. The number of hydrogen-bond donors (Lipinski definition) is 0. The topological polar surface area (TPSA) is 66.4 Å². The van der Waals surface area contributed by atoms with E-state index in [2.05, 4.69) is 169 Å². The Morgan fingerprint density at radius 2 is 0.841 bits per heavy atom. The van der Waals surface area contributed by atoms with E-state index >= 15 is 0 Å². The van der Waals surface area contributed by atoms with Crippen LogP contribution in [0.3, 0.4) is 0 Å². The van der Waals surface area contributed by atoms with Gasteiger partial charge in [0.2, 0.25) is 11.6 Å². The molecule has 0 spiro atoms. The number of allylic oxidation sites excluding steroid dienone is 4. The monoisotopic (exact) mass is 871 g/mol. The van der Waals surface area contributed by atoms with Crippen molar-refractivity contribution >= 4 is 44.5 Å². The zero-order valence-electron chi connectivity index (χ0n) is 35.8. The summed E-state index contributed by atoms with van der Waals surface area (Å²) in [6.07, 6.45) is 8.49. The minimum atomic E-state index is -0.350. The normalized spacial score (nSPS) is 18.7. The van der Waals surface area contributed by atoms with Gasteiger partial charge < -0.3 is 9.80 Å². The van der Waals surface area contributed by atoms with E-state index in [0.29, 0.717) is 11.4 Å². The van der Waals surface area contributed by atoms with Gasteiger partial charge in [-0.2, -0.15) is 0 Å². The Hall–Kier alpha value is -6.92. The van der Waals surface area contributed by atoms with Crippen molar-refractivity contribution in [2.24, 2.45) is 0 Å². The summed E-state index contributed by atoms with van der Waals surface area (Å²) < 4.78 is 0. The molecule has 0 saturated heterocycles. The maximum Gasteiger partial charge on any atom is 2.00 e. The molecule has 6 aromatic carbocycles. The third-order valence-electron chi connectivity index (χ3n) is 12.7. The molecule has 0 aliphatic carbocycles. The number of carbonyl (C=O) groups excluding carboxylic acids is 2. The van der Waals surface area contributed by atoms with Gasteiger partial charge >= 0.3 is 17.1 Å². The van der Waals surface area contributed by atoms with Crippen LogP contribution in [0.1, 0.15) is 57.1 Å². The summed E-state index contributed by atoms with van der Waals surface area (Å²) in [7, 11) is 4.11. The zero-order valence-corrected chi connectivity index (χ0v) is 36.7. The van der Waals surface area contributed by atoms with Crippen LogP contribution in [0.5, 0.6) is 0 Å². The number of rotatable bonds is 8. The van der Waals surface area contributed by atoms with Crippen molar-refractivity contribution < 1.29 is 26.7 Å². The molecule has 6 nitrogen and oxygen atoms in total. The molecule has 0 amide bonds. The Kier molecular flexibility index (Phi) is 12.1. The second-order valence-electron chi connectivity index (χ2n) is 16.7. The predicted molar refractivity (Wildman–Crippen MR) is 253 cm³/mol. The number of carbonyl (C=O) groups is 2. The number of ketones is 2. The summed E-state index contributed by atoms with van der Waals surface area (Å²) in [5, 5.41) is 4.90. The number of hydrogen-bond acceptors (Lipinski definition) is 6. The minimum Gasteiger partial charge on any atom is -0.347 e. The van der Waals surface area contributed by atoms with Gasteiger partial charge in [-0.15, -0.1) is 0 Å². The first-order chi connectivity index (χ1) is 30.2. The maximum absolute atomic E-state index is 13.1. The van der Waals surface area contributed by atoms with Crippen LogP contribution >= 0.6 is 0 Å². The second kappa shape index (κ2) is 17.8. The van der Waals surface area contributed by atoms with Crippen LogP contribution in [0.25, 0.3) is 21.5 Å². The molecule has 2 aliphatic rings. The molecule has 0 N–H and O–H groups in total. The first kappa shape index (κ1) is 42.8. The number of aromatic nitrogens is 2. The van der Waals surface area contributed by atoms with E-state index < -0.39 is 0 Å². The summed E-state index contributed by atoms with van der Waals surface area (Å²) in [5.41, 5.74) is 9.57. The van der Waals surface area contributed by atoms with E-state index in [-0.39, 0.29) is 39.5 Å². The molecule has 2 atom stereocenters. The van der Waals surface area contributed by atoms with Crippen LogP contribution in [-0.2, 0) is 40.7 Å². The smallest absolute Gasteiger partial charge is 0.347 e. The summed E-state index contributed by atoms with van der Waals surface area (Å²) in [4.78, 5) is 39.1. The maximum atomic E-state index is 13.1. The van der Waals surface area contributed by atoms with Crippen molar-refractivity contribution in [3.05, 3.63) is 239 Å². The summed E-state index contributed by atoms with van der Waals surface area (Å²) >= 11 is 0. The van der Waals surface area contributed by atoms with Crippen LogP contribution in [0.4, 0.5) is 11.4 Å². The van der Waals surface area contributed by atoms with Crippen molar-refractivity contribution in [2.45, 2.75) is 37.5 Å². The number of fused-ring (bicyclic) bond motifs is 6. The SMILES string of the molecule is CN1/C(=C\C(=O)c2ccccn2)C(C)(Cc2ccccc2)c2c1ccc1ccccc21.CN1/C(=C\C(=O)c2ccccn2)C(C)(Cc2ccccc2)c2c1ccc1ccccc21.[Cu+2]. The van der Waals surface area contributed by atoms with Gasteiger partial charge in [0, 0.05) is 72.2 Å². The van der Waals surface area contributed by atoms with Crippen LogP contribution < -0.4 is 9.80 Å². The number of nitrogens with zero attached hydrogens (tertiary/aromatic N) is 4. The van der Waals surface area contributed by atoms with E-state index in [9.17, 15) is 9.59 Å². The molecule has 0 saturated carbocycles. The van der Waals surface area contributed by atoms with E-state index in [1.165, 1.54) is 43.8 Å². The Balaban J connectivity index is 0.000000170. The van der Waals surface area contributed by atoms with Gasteiger partial charge in [0.25, 0.3) is 0 Å². The van der Waals surface area contributed by atoms with Gasteiger partial charge in [0.1, 0.15) is 11.4 Å². The molecule has 313 valence electrons. The van der Waals surface area contributed by atoms with Crippen LogP contribution in [0, 0.1) is 0 Å². The zero-order chi connectivity index (χ0) is 42.8. The van der Waals surface area contributed by atoms with E-state index in [1.807, 2.05) is 36.4 Å². The fourth-order valence-electron chi connectivity index (χ4n) is 9.79. The van der Waals surface area contributed by atoms with E-state index in [0.717, 1.165) is 35.6 Å². The molecule has 4 heterocycles. The molecule has 2 aliphatic heterocycles. The van der Waals surface area contributed by atoms with Gasteiger partial charge in [-0.25, -0.2) is 0 Å². The van der Waals surface area contributed by atoms with Gasteiger partial charge in [0.15, 0.2) is 0 Å².